The molecule has 44 heavy (non-hydrogen) atoms. The summed E-state index contributed by atoms with van der Waals surface area (Å²) in [6.45, 7) is 21.2. The zero-order valence-corrected chi connectivity index (χ0v) is 30.1. The maximum absolute atomic E-state index is 11.7. The van der Waals surface area contributed by atoms with Crippen LogP contribution in [0.15, 0.2) is 0 Å². The largest absolute Gasteiger partial charge is 0.375 e. The van der Waals surface area contributed by atoms with Crippen LogP contribution in [0.25, 0.3) is 0 Å². The fourth-order valence-corrected chi connectivity index (χ4v) is 3.10. The lowest BCUT2D eigenvalue weighted by molar-refractivity contribution is -0.125. The number of ether oxygens (including phenoxy) is 4. The molecule has 0 radical (unpaired) electrons. The third-order valence-corrected chi connectivity index (χ3v) is 4.83. The first-order valence-corrected chi connectivity index (χ1v) is 15.8. The van der Waals surface area contributed by atoms with Crippen LogP contribution in [0.1, 0.15) is 55.4 Å². The molecule has 0 aliphatic rings. The number of nitrogens with one attached hydrogen (secondary N) is 4. The summed E-state index contributed by atoms with van der Waals surface area (Å²) >= 11 is 0. The molecule has 0 aromatic rings. The molecule has 266 valence electrons. The molecule has 0 spiro atoms. The van der Waals surface area contributed by atoms with Crippen LogP contribution >= 0.6 is 0 Å². The van der Waals surface area contributed by atoms with E-state index in [2.05, 4.69) is 31.1 Å². The summed E-state index contributed by atoms with van der Waals surface area (Å²) in [6.07, 6.45) is 0. The topological polar surface area (TPSA) is 160 Å². The highest BCUT2D eigenvalue weighted by atomic mass is 16.5. The number of carbonyl (C=O) groups excluding carboxylic acids is 4. The van der Waals surface area contributed by atoms with Gasteiger partial charge >= 0.3 is 0 Å². The minimum absolute atomic E-state index is 0.00949. The molecule has 4 amide bonds. The predicted molar refractivity (Wildman–Crippen MR) is 178 cm³/mol. The Morgan fingerprint density at radius 1 is 0.386 bits per heavy atom. The minimum Gasteiger partial charge on any atom is -0.375 e. The normalized spacial score (nSPS) is 9.50. The van der Waals surface area contributed by atoms with Crippen molar-refractivity contribution in [2.45, 2.75) is 55.4 Å². The Morgan fingerprint density at radius 3 is 0.727 bits per heavy atom. The maximum atomic E-state index is 11.7. The molecule has 4 N–H and O–H groups in total. The minimum atomic E-state index is -0.203. The van der Waals surface area contributed by atoms with E-state index in [9.17, 15) is 19.2 Å². The van der Waals surface area contributed by atoms with E-state index in [1.54, 1.807) is 0 Å². The monoisotopic (exact) mass is 641 g/mol. The quantitative estimate of drug-likeness (QED) is 0.126. The van der Waals surface area contributed by atoms with Gasteiger partial charge in [-0.2, -0.15) is 0 Å². The zero-order chi connectivity index (χ0) is 35.0. The van der Waals surface area contributed by atoms with Crippen LogP contribution in [0, 0.1) is 0 Å². The van der Waals surface area contributed by atoms with Crippen molar-refractivity contribution < 1.29 is 38.1 Å². The van der Waals surface area contributed by atoms with Gasteiger partial charge in [-0.3, -0.25) is 29.0 Å². The van der Waals surface area contributed by atoms with Gasteiger partial charge in [0.05, 0.1) is 0 Å². The molecule has 0 aliphatic carbocycles. The van der Waals surface area contributed by atoms with Crippen LogP contribution in [0.5, 0.6) is 0 Å². The molecule has 14 nitrogen and oxygen atoms in total. The van der Waals surface area contributed by atoms with Crippen LogP contribution in [0.2, 0.25) is 0 Å². The number of rotatable bonds is 23. The second-order valence-electron chi connectivity index (χ2n) is 7.82. The van der Waals surface area contributed by atoms with Gasteiger partial charge in [0.1, 0.15) is 26.4 Å². The lowest BCUT2D eigenvalue weighted by Gasteiger charge is -2.28. The number of amides is 4. The highest BCUT2D eigenvalue weighted by Gasteiger charge is 2.12. The third kappa shape index (κ3) is 39.6. The number of methoxy groups -OCH3 is 4. The second kappa shape index (κ2) is 45.1. The van der Waals surface area contributed by atoms with Gasteiger partial charge < -0.3 is 40.2 Å². The van der Waals surface area contributed by atoms with E-state index < -0.39 is 0 Å². The second-order valence-corrected chi connectivity index (χ2v) is 7.82. The number of hydrogen-bond acceptors (Lipinski definition) is 10. The molecule has 14 heteroatoms. The molecule has 0 rings (SSSR count). The summed E-state index contributed by atoms with van der Waals surface area (Å²) in [7, 11) is 5.83. The summed E-state index contributed by atoms with van der Waals surface area (Å²) in [5.41, 5.74) is 0. The Morgan fingerprint density at radius 2 is 0.568 bits per heavy atom. The van der Waals surface area contributed by atoms with Crippen LogP contribution in [-0.4, -0.2) is 154 Å². The van der Waals surface area contributed by atoms with Crippen molar-refractivity contribution in [2.75, 3.05) is 120 Å². The molecule has 0 saturated heterocycles. The van der Waals surface area contributed by atoms with Crippen molar-refractivity contribution in [3.8, 4) is 0 Å². The van der Waals surface area contributed by atoms with E-state index in [1.165, 1.54) is 28.4 Å². The average molecular weight is 641 g/mol. The molecule has 0 fully saturated rings. The van der Waals surface area contributed by atoms with Crippen LogP contribution in [0.4, 0.5) is 0 Å². The standard InChI is InChI=1S/C22H44N6O8.4C2H6/c1-33-15-19(29)23-5-9-27(10-6-24-20(30)16-34-2)13-14-28(11-7-25-21(31)17-35-3)12-8-26-22(32)18-36-4;4*1-2/h5-18H2,1-4H3,(H,23,29)(H,24,30)(H,25,31)(H,26,32);4*1-2H3. The van der Waals surface area contributed by atoms with Gasteiger partial charge in [-0.15, -0.1) is 0 Å². The van der Waals surface area contributed by atoms with Crippen LogP contribution in [0.3, 0.4) is 0 Å². The number of hydrogen-bond donors (Lipinski definition) is 4. The predicted octanol–water partition coefficient (Wildman–Crippen LogP) is 0.746. The summed E-state index contributed by atoms with van der Waals surface area (Å²) in [5, 5.41) is 11.2. The van der Waals surface area contributed by atoms with E-state index in [4.69, 9.17) is 18.9 Å². The molecule has 0 aliphatic heterocycles. The SMILES string of the molecule is CC.CC.CC.CC.COCC(=O)NCCN(CCNC(=O)COC)CCN(CCNC(=O)COC)CCNC(=O)COC. The van der Waals surface area contributed by atoms with Gasteiger partial charge in [-0.1, -0.05) is 55.4 Å². The molecular weight excluding hydrogens is 572 g/mol. The lowest BCUT2D eigenvalue weighted by Crippen LogP contribution is -2.46. The van der Waals surface area contributed by atoms with Gasteiger partial charge in [-0.25, -0.2) is 0 Å². The Bertz CT molecular complexity index is 530. The van der Waals surface area contributed by atoms with Crippen molar-refractivity contribution in [3.63, 3.8) is 0 Å². The molecule has 0 atom stereocenters. The molecular formula is C30H68N6O8. The lowest BCUT2D eigenvalue weighted by atomic mass is 10.3. The first-order chi connectivity index (χ1) is 21.4. The van der Waals surface area contributed by atoms with Gasteiger partial charge in [0.2, 0.25) is 23.6 Å². The zero-order valence-electron chi connectivity index (χ0n) is 30.1. The van der Waals surface area contributed by atoms with E-state index >= 15 is 0 Å². The first-order valence-electron chi connectivity index (χ1n) is 15.8. The van der Waals surface area contributed by atoms with E-state index in [0.717, 1.165) is 0 Å². The van der Waals surface area contributed by atoms with Gasteiger partial charge in [-0.05, 0) is 0 Å². The molecule has 0 unspecified atom stereocenters. The summed E-state index contributed by atoms with van der Waals surface area (Å²) in [6, 6.07) is 0. The molecule has 0 heterocycles. The van der Waals surface area contributed by atoms with Crippen molar-refractivity contribution in [1.82, 2.24) is 31.1 Å². The van der Waals surface area contributed by atoms with Crippen LogP contribution in [-0.2, 0) is 38.1 Å². The Hall–Kier alpha value is -2.36. The van der Waals surface area contributed by atoms with Crippen molar-refractivity contribution in [2.24, 2.45) is 0 Å². The average Bonchev–Trinajstić information content (AvgIpc) is 3.03. The number of nitrogens with zero attached hydrogens (tertiary/aromatic N) is 2. The highest BCUT2D eigenvalue weighted by molar-refractivity contribution is 5.78. The third-order valence-electron chi connectivity index (χ3n) is 4.83. The molecule has 0 bridgehead atoms. The summed E-state index contributed by atoms with van der Waals surface area (Å²) in [5.74, 6) is -0.811. The Kier molecular flexibility index (Phi) is 52.5. The summed E-state index contributed by atoms with van der Waals surface area (Å²) < 4.78 is 19.3. The summed E-state index contributed by atoms with van der Waals surface area (Å²) in [4.78, 5) is 51.0. The Labute approximate surface area is 268 Å². The van der Waals surface area contributed by atoms with E-state index in [-0.39, 0.29) is 50.1 Å². The van der Waals surface area contributed by atoms with Gasteiger partial charge in [0.15, 0.2) is 0 Å². The molecule has 0 aromatic carbocycles. The highest BCUT2D eigenvalue weighted by Crippen LogP contribution is 1.93. The van der Waals surface area contributed by atoms with Crippen molar-refractivity contribution >= 4 is 23.6 Å². The fourth-order valence-electron chi connectivity index (χ4n) is 3.10. The smallest absolute Gasteiger partial charge is 0.246 e. The van der Waals surface area contributed by atoms with Gasteiger partial charge in [0, 0.05) is 93.9 Å². The molecule has 0 saturated carbocycles. The van der Waals surface area contributed by atoms with Crippen LogP contribution < -0.4 is 21.3 Å². The molecule has 0 aromatic heterocycles. The van der Waals surface area contributed by atoms with Gasteiger partial charge in [0.25, 0.3) is 0 Å². The number of carbonyl (C=O) groups is 4. The van der Waals surface area contributed by atoms with Crippen molar-refractivity contribution in [1.29, 1.82) is 0 Å². The van der Waals surface area contributed by atoms with Crippen molar-refractivity contribution in [3.05, 3.63) is 0 Å². The maximum Gasteiger partial charge on any atom is 0.246 e. The Balaban J connectivity index is -0.000000581. The van der Waals surface area contributed by atoms with E-state index in [0.29, 0.717) is 65.4 Å². The van der Waals surface area contributed by atoms with E-state index in [1.807, 2.05) is 55.4 Å². The first kappa shape index (κ1) is 51.2. The fraction of sp³-hybridized carbons (Fsp3) is 0.867.